The van der Waals surface area contributed by atoms with Gasteiger partial charge in [-0.3, -0.25) is 19.2 Å². The summed E-state index contributed by atoms with van der Waals surface area (Å²) >= 11 is 0. The highest BCUT2D eigenvalue weighted by molar-refractivity contribution is 5.87. The van der Waals surface area contributed by atoms with Crippen LogP contribution in [0.4, 0.5) is 0 Å². The Hall–Kier alpha value is -4.25. The molecule has 0 amide bonds. The maximum atomic E-state index is 13.1. The summed E-state index contributed by atoms with van der Waals surface area (Å²) in [5, 5.41) is 12.5. The molecule has 4 rings (SSSR count). The van der Waals surface area contributed by atoms with Gasteiger partial charge in [-0.25, -0.2) is 4.79 Å². The minimum absolute atomic E-state index is 0.0736. The molecule has 48 heavy (non-hydrogen) atoms. The second-order valence-corrected chi connectivity index (χ2v) is 13.7. The van der Waals surface area contributed by atoms with E-state index in [1.54, 1.807) is 19.9 Å². The van der Waals surface area contributed by atoms with Gasteiger partial charge in [0.25, 0.3) is 0 Å². The minimum Gasteiger partial charge on any atom is -0.462 e. The van der Waals surface area contributed by atoms with E-state index in [4.69, 9.17) is 23.7 Å². The molecule has 0 aliphatic heterocycles. The van der Waals surface area contributed by atoms with Gasteiger partial charge in [0.2, 0.25) is 0 Å². The van der Waals surface area contributed by atoms with E-state index in [0.717, 1.165) is 5.56 Å². The van der Waals surface area contributed by atoms with Crippen molar-refractivity contribution in [2.24, 2.45) is 22.7 Å². The first-order chi connectivity index (χ1) is 22.4. The molecule has 0 heterocycles. The molecule has 0 saturated heterocycles. The van der Waals surface area contributed by atoms with Crippen molar-refractivity contribution in [2.75, 3.05) is 0 Å². The van der Waals surface area contributed by atoms with Gasteiger partial charge in [-0.15, -0.1) is 0 Å². The number of carbonyl (C=O) groups is 5. The summed E-state index contributed by atoms with van der Waals surface area (Å²) in [5.41, 5.74) is -0.149. The summed E-state index contributed by atoms with van der Waals surface area (Å²) in [4.78, 5) is 63.7. The van der Waals surface area contributed by atoms with Gasteiger partial charge in [0.05, 0.1) is 11.5 Å². The van der Waals surface area contributed by atoms with Gasteiger partial charge in [0, 0.05) is 46.1 Å². The average molecular weight is 667 g/mol. The Labute approximate surface area is 281 Å². The molecule has 1 aromatic rings. The van der Waals surface area contributed by atoms with Crippen LogP contribution in [-0.2, 0) is 47.7 Å². The fourth-order valence-electron chi connectivity index (χ4n) is 8.21. The number of aliphatic hydroxyl groups is 1. The standard InChI is InChI=1S/C37H46O11/c1-19-28(48-30(42)16-15-25-13-11-10-12-14-25)18-29(45-22(4)39)37(9)31(19)33(43)26-17-27(44-21(3)38)20(2)32(36(26,7)8)34(46-23(5)40)35(37)47-24(6)41/h10-16,26-29,31,33-35,43H,1,17-18H2,2-9H3/b16-15+/t26?,27-,28-,29-,31-,33+,34+,35-,37+/m0/s1. The van der Waals surface area contributed by atoms with Gasteiger partial charge >= 0.3 is 29.8 Å². The van der Waals surface area contributed by atoms with Crippen LogP contribution in [0.5, 0.6) is 0 Å². The van der Waals surface area contributed by atoms with Crippen LogP contribution in [0.25, 0.3) is 6.08 Å². The van der Waals surface area contributed by atoms with Gasteiger partial charge < -0.3 is 28.8 Å². The molecule has 0 aromatic heterocycles. The van der Waals surface area contributed by atoms with Crippen LogP contribution in [0.2, 0.25) is 0 Å². The monoisotopic (exact) mass is 666 g/mol. The maximum Gasteiger partial charge on any atom is 0.331 e. The molecule has 11 heteroatoms. The number of fused-ring (bicyclic) bond motifs is 3. The molecule has 2 bridgehead atoms. The Morgan fingerprint density at radius 2 is 1.40 bits per heavy atom. The highest BCUT2D eigenvalue weighted by Gasteiger charge is 2.67. The molecule has 9 atom stereocenters. The Bertz CT molecular complexity index is 1520. The Kier molecular flexibility index (Phi) is 10.7. The van der Waals surface area contributed by atoms with Gasteiger partial charge in [0.1, 0.15) is 18.3 Å². The predicted octanol–water partition coefficient (Wildman–Crippen LogP) is 4.66. The van der Waals surface area contributed by atoms with Gasteiger partial charge in [0.15, 0.2) is 12.2 Å². The summed E-state index contributed by atoms with van der Waals surface area (Å²) < 4.78 is 29.6. The fraction of sp³-hybridized carbons (Fsp3) is 0.541. The zero-order chi connectivity index (χ0) is 35.7. The molecule has 0 spiro atoms. The fourth-order valence-corrected chi connectivity index (χ4v) is 8.21. The number of aliphatic hydroxyl groups excluding tert-OH is 1. The van der Waals surface area contributed by atoms with Crippen molar-refractivity contribution < 1.29 is 52.8 Å². The van der Waals surface area contributed by atoms with E-state index in [0.29, 0.717) is 16.7 Å². The molecule has 3 aliphatic carbocycles. The third kappa shape index (κ3) is 7.11. The lowest BCUT2D eigenvalue weighted by Gasteiger charge is -2.61. The Balaban J connectivity index is 1.93. The van der Waals surface area contributed by atoms with E-state index in [9.17, 15) is 29.1 Å². The van der Waals surface area contributed by atoms with E-state index < -0.39 is 89.1 Å². The second kappa shape index (κ2) is 14.1. The van der Waals surface area contributed by atoms with E-state index in [1.165, 1.54) is 33.8 Å². The maximum absolute atomic E-state index is 13.1. The summed E-state index contributed by atoms with van der Waals surface area (Å²) in [5.74, 6) is -4.93. The first-order valence-corrected chi connectivity index (χ1v) is 16.1. The molecule has 260 valence electrons. The van der Waals surface area contributed by atoms with Crippen molar-refractivity contribution in [3.63, 3.8) is 0 Å². The summed E-state index contributed by atoms with van der Waals surface area (Å²) in [6.07, 6.45) is -3.74. The van der Waals surface area contributed by atoms with Crippen LogP contribution < -0.4 is 0 Å². The van der Waals surface area contributed by atoms with Crippen LogP contribution in [0.1, 0.15) is 73.8 Å². The SMILES string of the molecule is C=C1[C@@H](OC(=O)/C=C/c2ccccc2)C[C@H](OC(C)=O)[C@@]2(C)[C@@H](OC(C)=O)[C@H](OC(C)=O)C3=C(C)[C@@H](OC(C)=O)CC([C@@H](O)[C@H]12)C3(C)C. The first-order valence-electron chi connectivity index (χ1n) is 16.1. The van der Waals surface area contributed by atoms with E-state index >= 15 is 0 Å². The molecular formula is C37H46O11. The van der Waals surface area contributed by atoms with Gasteiger partial charge in [-0.05, 0) is 53.0 Å². The van der Waals surface area contributed by atoms with Gasteiger partial charge in [-0.1, -0.05) is 57.7 Å². The van der Waals surface area contributed by atoms with E-state index in [2.05, 4.69) is 6.58 Å². The second-order valence-electron chi connectivity index (χ2n) is 13.7. The summed E-state index contributed by atoms with van der Waals surface area (Å²) in [6, 6.07) is 9.16. The molecule has 11 nitrogen and oxygen atoms in total. The van der Waals surface area contributed by atoms with Crippen molar-refractivity contribution in [1.82, 2.24) is 0 Å². The number of hydrogen-bond acceptors (Lipinski definition) is 11. The van der Waals surface area contributed by atoms with Crippen LogP contribution >= 0.6 is 0 Å². The van der Waals surface area contributed by atoms with Crippen molar-refractivity contribution in [2.45, 2.75) is 105 Å². The van der Waals surface area contributed by atoms with Gasteiger partial charge in [-0.2, -0.15) is 0 Å². The van der Waals surface area contributed by atoms with Crippen LogP contribution in [0.15, 0.2) is 59.7 Å². The summed E-state index contributed by atoms with van der Waals surface area (Å²) in [6.45, 7) is 16.5. The number of rotatable bonds is 7. The molecule has 1 N–H and O–H groups in total. The van der Waals surface area contributed by atoms with Crippen LogP contribution in [-0.4, -0.2) is 71.6 Å². The molecule has 2 fully saturated rings. The lowest BCUT2D eigenvalue weighted by atomic mass is 9.48. The van der Waals surface area contributed by atoms with E-state index in [-0.39, 0.29) is 12.8 Å². The van der Waals surface area contributed by atoms with Crippen molar-refractivity contribution in [3.8, 4) is 0 Å². The molecular weight excluding hydrogens is 620 g/mol. The smallest absolute Gasteiger partial charge is 0.331 e. The molecule has 1 unspecified atom stereocenters. The zero-order valence-corrected chi connectivity index (χ0v) is 28.8. The normalized spacial score (nSPS) is 32.6. The topological polar surface area (TPSA) is 152 Å². The van der Waals surface area contributed by atoms with Crippen LogP contribution in [0.3, 0.4) is 0 Å². The van der Waals surface area contributed by atoms with E-state index in [1.807, 2.05) is 44.2 Å². The first kappa shape index (κ1) is 36.6. The number of ether oxygens (including phenoxy) is 5. The summed E-state index contributed by atoms with van der Waals surface area (Å²) in [7, 11) is 0. The largest absolute Gasteiger partial charge is 0.462 e. The zero-order valence-electron chi connectivity index (χ0n) is 28.8. The quantitative estimate of drug-likeness (QED) is 0.187. The Morgan fingerprint density at radius 3 is 1.96 bits per heavy atom. The third-order valence-corrected chi connectivity index (χ3v) is 10.2. The highest BCUT2D eigenvalue weighted by atomic mass is 16.6. The lowest BCUT2D eigenvalue weighted by molar-refractivity contribution is -0.225. The number of hydrogen-bond donors (Lipinski definition) is 1. The molecule has 3 aliphatic rings. The lowest BCUT2D eigenvalue weighted by Crippen LogP contribution is -2.68. The highest BCUT2D eigenvalue weighted by Crippen LogP contribution is 2.61. The van der Waals surface area contributed by atoms with Crippen molar-refractivity contribution in [3.05, 3.63) is 65.3 Å². The molecule has 0 radical (unpaired) electrons. The van der Waals surface area contributed by atoms with Crippen molar-refractivity contribution in [1.29, 1.82) is 0 Å². The Morgan fingerprint density at radius 1 is 0.812 bits per heavy atom. The number of esters is 5. The molecule has 1 aromatic carbocycles. The average Bonchev–Trinajstić information content (AvgIpc) is 2.97. The predicted molar refractivity (Wildman–Crippen MR) is 174 cm³/mol. The number of benzene rings is 1. The van der Waals surface area contributed by atoms with Crippen molar-refractivity contribution >= 4 is 35.9 Å². The van der Waals surface area contributed by atoms with Crippen LogP contribution in [0, 0.1) is 22.7 Å². The number of carbonyl (C=O) groups excluding carboxylic acids is 5. The third-order valence-electron chi connectivity index (χ3n) is 10.2. The minimum atomic E-state index is -1.45. The molecule has 2 saturated carbocycles.